The van der Waals surface area contributed by atoms with Gasteiger partial charge in [0.1, 0.15) is 6.20 Å². The predicted molar refractivity (Wildman–Crippen MR) is 74.8 cm³/mol. The van der Waals surface area contributed by atoms with E-state index in [0.29, 0.717) is 16.8 Å². The number of nitro groups is 1. The van der Waals surface area contributed by atoms with E-state index in [0.717, 1.165) is 12.8 Å². The average Bonchev–Trinajstić information content (AvgIpc) is 2.81. The maximum atomic E-state index is 11.2. The molecule has 2 heterocycles. The Balaban J connectivity index is 1.88. The smallest absolute Gasteiger partial charge is 0.360 e. The molecule has 1 fully saturated rings. The third kappa shape index (κ3) is 2.42. The highest BCUT2D eigenvalue weighted by molar-refractivity contribution is 7.15. The standard InChI is InChI=1S/C12H16N4O2S/c17-16(18)11-10(14-12-15(11)7-8-19-12)13-9-5-3-1-2-4-6-9/h7-9,13H,1-6H2. The highest BCUT2D eigenvalue weighted by atomic mass is 32.1. The SMILES string of the molecule is O=[N+]([O-])c1c(NC2CCCCCC2)nc2sccn12. The first kappa shape index (κ1) is 12.4. The minimum atomic E-state index is -0.355. The summed E-state index contributed by atoms with van der Waals surface area (Å²) in [5.74, 6) is 0.476. The fourth-order valence-corrected chi connectivity index (χ4v) is 3.37. The van der Waals surface area contributed by atoms with Crippen LogP contribution in [0.1, 0.15) is 38.5 Å². The summed E-state index contributed by atoms with van der Waals surface area (Å²) in [6.45, 7) is 0. The number of aromatic nitrogens is 2. The molecule has 19 heavy (non-hydrogen) atoms. The fourth-order valence-electron chi connectivity index (χ4n) is 2.66. The quantitative estimate of drug-likeness (QED) is 0.531. The summed E-state index contributed by atoms with van der Waals surface area (Å²) in [4.78, 5) is 15.9. The third-order valence-electron chi connectivity index (χ3n) is 3.61. The van der Waals surface area contributed by atoms with Crippen molar-refractivity contribution >= 4 is 27.9 Å². The van der Waals surface area contributed by atoms with Crippen molar-refractivity contribution in [1.82, 2.24) is 9.38 Å². The van der Waals surface area contributed by atoms with Crippen LogP contribution in [0, 0.1) is 10.1 Å². The van der Waals surface area contributed by atoms with Crippen LogP contribution < -0.4 is 5.32 Å². The van der Waals surface area contributed by atoms with Crippen LogP contribution in [0.3, 0.4) is 0 Å². The molecule has 1 N–H and O–H groups in total. The van der Waals surface area contributed by atoms with Gasteiger partial charge in [-0.05, 0) is 17.8 Å². The molecule has 0 aromatic carbocycles. The van der Waals surface area contributed by atoms with Gasteiger partial charge in [0, 0.05) is 11.4 Å². The van der Waals surface area contributed by atoms with E-state index in [9.17, 15) is 10.1 Å². The zero-order chi connectivity index (χ0) is 13.2. The van der Waals surface area contributed by atoms with Gasteiger partial charge < -0.3 is 15.4 Å². The third-order valence-corrected chi connectivity index (χ3v) is 4.36. The summed E-state index contributed by atoms with van der Waals surface area (Å²) >= 11 is 1.41. The molecule has 102 valence electrons. The van der Waals surface area contributed by atoms with Gasteiger partial charge in [0.05, 0.1) is 0 Å². The molecule has 0 radical (unpaired) electrons. The Hall–Kier alpha value is -1.63. The number of thiazole rings is 1. The van der Waals surface area contributed by atoms with Crippen molar-refractivity contribution in [1.29, 1.82) is 0 Å². The minimum Gasteiger partial charge on any atom is -0.360 e. The van der Waals surface area contributed by atoms with Gasteiger partial charge in [-0.15, -0.1) is 0 Å². The van der Waals surface area contributed by atoms with Crippen LogP contribution in [0.25, 0.3) is 4.96 Å². The topological polar surface area (TPSA) is 72.5 Å². The number of hydrogen-bond donors (Lipinski definition) is 1. The van der Waals surface area contributed by atoms with Crippen molar-refractivity contribution in [2.75, 3.05) is 5.32 Å². The monoisotopic (exact) mass is 280 g/mol. The van der Waals surface area contributed by atoms with E-state index in [2.05, 4.69) is 10.3 Å². The lowest BCUT2D eigenvalue weighted by Crippen LogP contribution is -2.19. The summed E-state index contributed by atoms with van der Waals surface area (Å²) in [6, 6.07) is 0.311. The van der Waals surface area contributed by atoms with Crippen molar-refractivity contribution in [3.63, 3.8) is 0 Å². The first-order valence-electron chi connectivity index (χ1n) is 6.62. The van der Waals surface area contributed by atoms with Crippen LogP contribution in [-0.2, 0) is 0 Å². The molecule has 2 aromatic heterocycles. The molecule has 0 spiro atoms. The van der Waals surface area contributed by atoms with E-state index in [-0.39, 0.29) is 10.7 Å². The Morgan fingerprint density at radius 1 is 1.37 bits per heavy atom. The van der Waals surface area contributed by atoms with Gasteiger partial charge in [-0.25, -0.2) is 0 Å². The molecule has 7 heteroatoms. The summed E-state index contributed by atoms with van der Waals surface area (Å²) < 4.78 is 1.55. The number of hydrogen-bond acceptors (Lipinski definition) is 5. The van der Waals surface area contributed by atoms with Gasteiger partial charge in [-0.3, -0.25) is 0 Å². The normalized spacial score (nSPS) is 17.5. The van der Waals surface area contributed by atoms with Crippen molar-refractivity contribution in [2.24, 2.45) is 0 Å². The number of anilines is 1. The predicted octanol–water partition coefficient (Wildman–Crippen LogP) is 3.44. The molecule has 3 rings (SSSR count). The van der Waals surface area contributed by atoms with Crippen molar-refractivity contribution in [2.45, 2.75) is 44.6 Å². The van der Waals surface area contributed by atoms with Gasteiger partial charge in [-0.2, -0.15) is 9.38 Å². The van der Waals surface area contributed by atoms with E-state index < -0.39 is 0 Å². The molecule has 1 aliphatic carbocycles. The van der Waals surface area contributed by atoms with Crippen molar-refractivity contribution in [3.8, 4) is 0 Å². The van der Waals surface area contributed by atoms with Crippen LogP contribution in [0.15, 0.2) is 11.6 Å². The largest absolute Gasteiger partial charge is 0.372 e. The number of imidazole rings is 1. The molecule has 0 amide bonds. The fraction of sp³-hybridized carbons (Fsp3) is 0.583. The number of fused-ring (bicyclic) bond motifs is 1. The summed E-state index contributed by atoms with van der Waals surface area (Å²) in [5.41, 5.74) is 0. The molecule has 1 saturated carbocycles. The summed E-state index contributed by atoms with van der Waals surface area (Å²) in [7, 11) is 0. The summed E-state index contributed by atoms with van der Waals surface area (Å²) in [6.07, 6.45) is 8.74. The van der Waals surface area contributed by atoms with Crippen molar-refractivity contribution < 1.29 is 4.92 Å². The molecule has 6 nitrogen and oxygen atoms in total. The summed E-state index contributed by atoms with van der Waals surface area (Å²) in [5, 5.41) is 16.3. The maximum absolute atomic E-state index is 11.2. The lowest BCUT2D eigenvalue weighted by atomic mass is 10.1. The molecule has 0 aliphatic heterocycles. The molecule has 0 unspecified atom stereocenters. The highest BCUT2D eigenvalue weighted by Crippen LogP contribution is 2.30. The van der Waals surface area contributed by atoms with Crippen LogP contribution in [0.4, 0.5) is 11.6 Å². The van der Waals surface area contributed by atoms with Crippen LogP contribution in [0.5, 0.6) is 0 Å². The average molecular weight is 280 g/mol. The van der Waals surface area contributed by atoms with Gasteiger partial charge in [0.15, 0.2) is 0 Å². The number of nitrogens with zero attached hydrogens (tertiary/aromatic N) is 3. The van der Waals surface area contributed by atoms with E-state index in [1.165, 1.54) is 37.0 Å². The first-order chi connectivity index (χ1) is 9.25. The second kappa shape index (κ2) is 5.16. The molecule has 2 aromatic rings. The number of rotatable bonds is 3. The highest BCUT2D eigenvalue weighted by Gasteiger charge is 2.25. The molecular weight excluding hydrogens is 264 g/mol. The van der Waals surface area contributed by atoms with Crippen molar-refractivity contribution in [3.05, 3.63) is 21.7 Å². The molecule has 0 atom stereocenters. The Kier molecular flexibility index (Phi) is 3.37. The lowest BCUT2D eigenvalue weighted by Gasteiger charge is -2.15. The Bertz CT molecular complexity index is 584. The van der Waals surface area contributed by atoms with Crippen LogP contribution in [-0.4, -0.2) is 20.3 Å². The molecule has 0 bridgehead atoms. The van der Waals surface area contributed by atoms with E-state index in [4.69, 9.17) is 0 Å². The molecular formula is C12H16N4O2S. The van der Waals surface area contributed by atoms with Gasteiger partial charge in [0.2, 0.25) is 5.82 Å². The van der Waals surface area contributed by atoms with E-state index in [1.807, 2.05) is 5.38 Å². The number of nitrogens with one attached hydrogen (secondary N) is 1. The second-order valence-corrected chi connectivity index (χ2v) is 5.80. The Morgan fingerprint density at radius 2 is 2.11 bits per heavy atom. The molecule has 0 saturated heterocycles. The van der Waals surface area contributed by atoms with Gasteiger partial charge in [-0.1, -0.05) is 37.0 Å². The van der Waals surface area contributed by atoms with Gasteiger partial charge in [0.25, 0.3) is 4.96 Å². The van der Waals surface area contributed by atoms with E-state index in [1.54, 1.807) is 10.6 Å². The molecule has 1 aliphatic rings. The van der Waals surface area contributed by atoms with Gasteiger partial charge >= 0.3 is 5.82 Å². The zero-order valence-corrected chi connectivity index (χ0v) is 11.4. The second-order valence-electron chi connectivity index (χ2n) is 4.93. The lowest BCUT2D eigenvalue weighted by molar-refractivity contribution is -0.389. The van der Waals surface area contributed by atoms with Crippen LogP contribution >= 0.6 is 11.3 Å². The Labute approximate surface area is 114 Å². The van der Waals surface area contributed by atoms with E-state index >= 15 is 0 Å². The first-order valence-corrected chi connectivity index (χ1v) is 7.50. The zero-order valence-electron chi connectivity index (χ0n) is 10.5. The minimum absolute atomic E-state index is 0.0560. The van der Waals surface area contributed by atoms with Crippen LogP contribution in [0.2, 0.25) is 0 Å². The maximum Gasteiger partial charge on any atom is 0.372 e. The Morgan fingerprint density at radius 3 is 2.79 bits per heavy atom.